The van der Waals surface area contributed by atoms with Crippen LogP contribution in [0.3, 0.4) is 0 Å². The number of nitrogens with one attached hydrogen (secondary N) is 1. The number of hydrogen-bond acceptors (Lipinski definition) is 2. The van der Waals surface area contributed by atoms with E-state index in [1.807, 2.05) is 33.8 Å². The first-order chi connectivity index (χ1) is 7.93. The van der Waals surface area contributed by atoms with Gasteiger partial charge in [-0.15, -0.1) is 11.6 Å². The molecule has 0 atom stereocenters. The van der Waals surface area contributed by atoms with E-state index in [1.54, 1.807) is 4.68 Å². The van der Waals surface area contributed by atoms with E-state index in [-0.39, 0.29) is 5.91 Å². The van der Waals surface area contributed by atoms with Crippen LogP contribution in [0.1, 0.15) is 43.9 Å². The molecule has 17 heavy (non-hydrogen) atoms. The SMILES string of the molecule is CCc1cc(C(=O)NC(C)(C)CCl)n(CC)n1. The summed E-state index contributed by atoms with van der Waals surface area (Å²) in [6.07, 6.45) is 0.826. The first kappa shape index (κ1) is 14.0. The average Bonchev–Trinajstić information content (AvgIpc) is 2.71. The lowest BCUT2D eigenvalue weighted by atomic mass is 10.1. The topological polar surface area (TPSA) is 46.9 Å². The van der Waals surface area contributed by atoms with Crippen molar-refractivity contribution in [1.82, 2.24) is 15.1 Å². The van der Waals surface area contributed by atoms with Crippen molar-refractivity contribution in [3.8, 4) is 0 Å². The second-order valence-corrected chi connectivity index (χ2v) is 4.93. The Bertz CT molecular complexity index is 398. The Morgan fingerprint density at radius 1 is 1.53 bits per heavy atom. The number of carbonyl (C=O) groups is 1. The summed E-state index contributed by atoms with van der Waals surface area (Å²) < 4.78 is 1.72. The number of rotatable bonds is 5. The normalized spacial score (nSPS) is 11.6. The van der Waals surface area contributed by atoms with Crippen LogP contribution in [-0.4, -0.2) is 27.1 Å². The van der Waals surface area contributed by atoms with Gasteiger partial charge in [-0.1, -0.05) is 6.92 Å². The van der Waals surface area contributed by atoms with E-state index < -0.39 is 5.54 Å². The number of alkyl halides is 1. The third-order valence-electron chi connectivity index (χ3n) is 2.51. The zero-order valence-corrected chi connectivity index (χ0v) is 11.6. The molecule has 0 unspecified atom stereocenters. The van der Waals surface area contributed by atoms with E-state index >= 15 is 0 Å². The number of aromatic nitrogens is 2. The van der Waals surface area contributed by atoms with E-state index in [1.165, 1.54) is 0 Å². The van der Waals surface area contributed by atoms with Gasteiger partial charge in [0.25, 0.3) is 5.91 Å². The van der Waals surface area contributed by atoms with Crippen molar-refractivity contribution in [2.75, 3.05) is 5.88 Å². The average molecular weight is 258 g/mol. The standard InChI is InChI=1S/C12H20ClN3O/c1-5-9-7-10(16(6-2)15-9)11(17)14-12(3,4)8-13/h7H,5-6,8H2,1-4H3,(H,14,17). The third kappa shape index (κ3) is 3.46. The van der Waals surface area contributed by atoms with Crippen molar-refractivity contribution in [2.45, 2.75) is 46.2 Å². The van der Waals surface area contributed by atoms with Gasteiger partial charge in [0.15, 0.2) is 0 Å². The molecule has 0 bridgehead atoms. The maximum Gasteiger partial charge on any atom is 0.270 e. The van der Waals surface area contributed by atoms with Crippen LogP contribution in [0.15, 0.2) is 6.07 Å². The van der Waals surface area contributed by atoms with Gasteiger partial charge in [-0.05, 0) is 33.3 Å². The van der Waals surface area contributed by atoms with Crippen LogP contribution in [0.5, 0.6) is 0 Å². The van der Waals surface area contributed by atoms with E-state index in [0.717, 1.165) is 12.1 Å². The van der Waals surface area contributed by atoms with Crippen LogP contribution in [0.2, 0.25) is 0 Å². The van der Waals surface area contributed by atoms with Crippen LogP contribution in [0, 0.1) is 0 Å². The minimum Gasteiger partial charge on any atom is -0.345 e. The number of halogens is 1. The lowest BCUT2D eigenvalue weighted by molar-refractivity contribution is 0.0909. The maximum absolute atomic E-state index is 12.1. The number of carbonyl (C=O) groups excluding carboxylic acids is 1. The number of amides is 1. The Kier molecular flexibility index (Phi) is 4.57. The van der Waals surface area contributed by atoms with Gasteiger partial charge in [0, 0.05) is 18.0 Å². The summed E-state index contributed by atoms with van der Waals surface area (Å²) in [4.78, 5) is 12.1. The lowest BCUT2D eigenvalue weighted by Crippen LogP contribution is -2.45. The summed E-state index contributed by atoms with van der Waals surface area (Å²) in [6.45, 7) is 8.46. The highest BCUT2D eigenvalue weighted by atomic mass is 35.5. The predicted molar refractivity (Wildman–Crippen MR) is 69.5 cm³/mol. The summed E-state index contributed by atoms with van der Waals surface area (Å²) in [7, 11) is 0. The molecule has 96 valence electrons. The minimum atomic E-state index is -0.409. The molecule has 4 nitrogen and oxygen atoms in total. The van der Waals surface area contributed by atoms with Crippen molar-refractivity contribution in [3.05, 3.63) is 17.5 Å². The van der Waals surface area contributed by atoms with E-state index in [4.69, 9.17) is 11.6 Å². The van der Waals surface area contributed by atoms with Gasteiger partial charge in [-0.2, -0.15) is 5.10 Å². The fourth-order valence-corrected chi connectivity index (χ4v) is 1.54. The van der Waals surface area contributed by atoms with Crippen LogP contribution < -0.4 is 5.32 Å². The molecule has 0 spiro atoms. The molecule has 1 N–H and O–H groups in total. The number of hydrogen-bond donors (Lipinski definition) is 1. The first-order valence-corrected chi connectivity index (χ1v) is 6.42. The fourth-order valence-electron chi connectivity index (χ4n) is 1.47. The molecule has 0 saturated carbocycles. The van der Waals surface area contributed by atoms with Crippen molar-refractivity contribution in [3.63, 3.8) is 0 Å². The molecule has 1 rings (SSSR count). The van der Waals surface area contributed by atoms with E-state index in [0.29, 0.717) is 18.1 Å². The summed E-state index contributed by atoms with van der Waals surface area (Å²) in [5, 5.41) is 7.25. The molecule has 1 heterocycles. The monoisotopic (exact) mass is 257 g/mol. The maximum atomic E-state index is 12.1. The molecule has 0 radical (unpaired) electrons. The number of nitrogens with zero attached hydrogens (tertiary/aromatic N) is 2. The van der Waals surface area contributed by atoms with E-state index in [9.17, 15) is 4.79 Å². The molecule has 0 saturated heterocycles. The van der Waals surface area contributed by atoms with Gasteiger partial charge in [-0.25, -0.2) is 0 Å². The van der Waals surface area contributed by atoms with Crippen LogP contribution in [0.4, 0.5) is 0 Å². The fraction of sp³-hybridized carbons (Fsp3) is 0.667. The summed E-state index contributed by atoms with van der Waals surface area (Å²) in [6, 6.07) is 1.84. The van der Waals surface area contributed by atoms with Gasteiger partial charge in [0.05, 0.1) is 5.69 Å². The largest absolute Gasteiger partial charge is 0.345 e. The van der Waals surface area contributed by atoms with Crippen molar-refractivity contribution >= 4 is 17.5 Å². The van der Waals surface area contributed by atoms with Gasteiger partial charge in [0.1, 0.15) is 5.69 Å². The zero-order chi connectivity index (χ0) is 13.1. The highest BCUT2D eigenvalue weighted by molar-refractivity contribution is 6.18. The van der Waals surface area contributed by atoms with Crippen LogP contribution >= 0.6 is 11.6 Å². The first-order valence-electron chi connectivity index (χ1n) is 5.88. The second-order valence-electron chi connectivity index (χ2n) is 4.66. The van der Waals surface area contributed by atoms with Crippen LogP contribution in [0.25, 0.3) is 0 Å². The zero-order valence-electron chi connectivity index (χ0n) is 10.9. The number of aryl methyl sites for hydroxylation is 2. The lowest BCUT2D eigenvalue weighted by Gasteiger charge is -2.23. The smallest absolute Gasteiger partial charge is 0.270 e. The Hall–Kier alpha value is -1.03. The molecule has 1 aromatic rings. The summed E-state index contributed by atoms with van der Waals surface area (Å²) >= 11 is 5.79. The molecule has 1 aromatic heterocycles. The third-order valence-corrected chi connectivity index (χ3v) is 3.18. The Morgan fingerprint density at radius 2 is 2.18 bits per heavy atom. The van der Waals surface area contributed by atoms with Gasteiger partial charge < -0.3 is 5.32 Å². The molecular weight excluding hydrogens is 238 g/mol. The quantitative estimate of drug-likeness (QED) is 0.823. The highest BCUT2D eigenvalue weighted by Crippen LogP contribution is 2.10. The van der Waals surface area contributed by atoms with Crippen molar-refractivity contribution in [2.24, 2.45) is 0 Å². The highest BCUT2D eigenvalue weighted by Gasteiger charge is 2.22. The van der Waals surface area contributed by atoms with Crippen LogP contribution in [-0.2, 0) is 13.0 Å². The summed E-state index contributed by atoms with van der Waals surface area (Å²) in [5.41, 5.74) is 1.12. The molecule has 0 fully saturated rings. The van der Waals surface area contributed by atoms with Gasteiger partial charge >= 0.3 is 0 Å². The molecule has 1 amide bonds. The Balaban J connectivity index is 2.91. The van der Waals surface area contributed by atoms with Gasteiger partial charge in [0.2, 0.25) is 0 Å². The minimum absolute atomic E-state index is 0.121. The molecular formula is C12H20ClN3O. The Labute approximate surface area is 107 Å². The van der Waals surface area contributed by atoms with Gasteiger partial charge in [-0.3, -0.25) is 9.48 Å². The van der Waals surface area contributed by atoms with Crippen molar-refractivity contribution < 1.29 is 4.79 Å². The Morgan fingerprint density at radius 3 is 2.65 bits per heavy atom. The van der Waals surface area contributed by atoms with E-state index in [2.05, 4.69) is 10.4 Å². The predicted octanol–water partition coefficient (Wildman–Crippen LogP) is 2.21. The molecule has 0 aromatic carbocycles. The molecule has 5 heteroatoms. The molecule has 0 aliphatic carbocycles. The summed E-state index contributed by atoms with van der Waals surface area (Å²) in [5.74, 6) is 0.254. The molecule has 0 aliphatic rings. The molecule has 0 aliphatic heterocycles. The second kappa shape index (κ2) is 5.54. The van der Waals surface area contributed by atoms with Crippen molar-refractivity contribution in [1.29, 1.82) is 0 Å².